The first-order chi connectivity index (χ1) is 11.8. The average molecular weight is 346 g/mol. The number of hydrogen-bond acceptors (Lipinski definition) is 4. The summed E-state index contributed by atoms with van der Waals surface area (Å²) in [5.41, 5.74) is 1.67. The molecule has 0 aliphatic heterocycles. The van der Waals surface area contributed by atoms with Crippen molar-refractivity contribution in [3.05, 3.63) is 41.5 Å². The topological polar surface area (TPSA) is 52.0 Å². The van der Waals surface area contributed by atoms with Gasteiger partial charge in [0.15, 0.2) is 11.6 Å². The Balaban J connectivity index is 1.56. The molecule has 1 saturated carbocycles. The molecule has 1 fully saturated rings. The van der Waals surface area contributed by atoms with Gasteiger partial charge in [0.2, 0.25) is 0 Å². The van der Waals surface area contributed by atoms with E-state index in [1.807, 2.05) is 23.9 Å². The van der Waals surface area contributed by atoms with E-state index in [-0.39, 0.29) is 17.4 Å². The Morgan fingerprint density at radius 3 is 2.72 bits per heavy atom. The molecule has 5 nitrogen and oxygen atoms in total. The molecule has 136 valence electrons. The zero-order valence-electron chi connectivity index (χ0n) is 15.4. The van der Waals surface area contributed by atoms with Crippen LogP contribution >= 0.6 is 0 Å². The van der Waals surface area contributed by atoms with Crippen LogP contribution in [0, 0.1) is 11.7 Å². The van der Waals surface area contributed by atoms with Crippen LogP contribution in [-0.2, 0) is 12.1 Å². The van der Waals surface area contributed by atoms with Crippen molar-refractivity contribution >= 4 is 0 Å². The highest BCUT2D eigenvalue weighted by atomic mass is 19.1. The van der Waals surface area contributed by atoms with E-state index in [9.17, 15) is 4.39 Å². The fourth-order valence-electron chi connectivity index (χ4n) is 2.48. The molecule has 1 N–H and O–H groups in total. The largest absolute Gasteiger partial charge is 0.490 e. The van der Waals surface area contributed by atoms with Crippen molar-refractivity contribution in [1.29, 1.82) is 0 Å². The Hall–Kier alpha value is -1.95. The van der Waals surface area contributed by atoms with Gasteiger partial charge in [-0.3, -0.25) is 0 Å². The number of nitrogens with one attached hydrogen (secondary N) is 1. The molecule has 0 spiro atoms. The van der Waals surface area contributed by atoms with Crippen molar-refractivity contribution in [3.8, 4) is 5.75 Å². The van der Waals surface area contributed by atoms with Gasteiger partial charge in [0.1, 0.15) is 0 Å². The van der Waals surface area contributed by atoms with Gasteiger partial charge in [0.05, 0.1) is 24.0 Å². The predicted molar refractivity (Wildman–Crippen MR) is 94.9 cm³/mol. The van der Waals surface area contributed by atoms with Gasteiger partial charge < -0.3 is 10.1 Å². The molecule has 1 heterocycles. The van der Waals surface area contributed by atoms with Gasteiger partial charge >= 0.3 is 0 Å². The van der Waals surface area contributed by atoms with Crippen LogP contribution in [-0.4, -0.2) is 21.6 Å². The Kier molecular flexibility index (Phi) is 5.08. The third-order valence-corrected chi connectivity index (χ3v) is 4.44. The second-order valence-corrected chi connectivity index (χ2v) is 7.87. The van der Waals surface area contributed by atoms with Crippen LogP contribution in [0.3, 0.4) is 0 Å². The van der Waals surface area contributed by atoms with Crippen LogP contribution in [0.4, 0.5) is 4.39 Å². The van der Waals surface area contributed by atoms with Crippen molar-refractivity contribution in [1.82, 2.24) is 20.3 Å². The van der Waals surface area contributed by atoms with Gasteiger partial charge in [-0.05, 0) is 64.2 Å². The molecular weight excluding hydrogens is 319 g/mol. The van der Waals surface area contributed by atoms with Crippen molar-refractivity contribution in [2.45, 2.75) is 58.7 Å². The highest BCUT2D eigenvalue weighted by Gasteiger charge is 2.22. The van der Waals surface area contributed by atoms with Crippen LogP contribution in [0.15, 0.2) is 24.4 Å². The zero-order valence-corrected chi connectivity index (χ0v) is 15.4. The summed E-state index contributed by atoms with van der Waals surface area (Å²) in [5, 5.41) is 11.7. The summed E-state index contributed by atoms with van der Waals surface area (Å²) in [6.07, 6.45) is 4.33. The SMILES string of the molecule is CC(NCc1cn(C(C)(C)C)nn1)c1ccc(OCC2CC2)c(F)c1. The summed E-state index contributed by atoms with van der Waals surface area (Å²) in [6, 6.07) is 5.19. The highest BCUT2D eigenvalue weighted by Crippen LogP contribution is 2.30. The summed E-state index contributed by atoms with van der Waals surface area (Å²) in [6.45, 7) is 9.45. The van der Waals surface area contributed by atoms with Gasteiger partial charge in [0, 0.05) is 12.6 Å². The maximum Gasteiger partial charge on any atom is 0.165 e. The van der Waals surface area contributed by atoms with E-state index in [0.29, 0.717) is 24.8 Å². The quantitative estimate of drug-likeness (QED) is 0.828. The standard InChI is InChI=1S/C19H27FN4O/c1-13(21-10-16-11-24(23-22-16)19(2,3)4)15-7-8-18(17(20)9-15)25-12-14-5-6-14/h7-9,11,13-14,21H,5-6,10,12H2,1-4H3. The lowest BCUT2D eigenvalue weighted by Gasteiger charge is -2.17. The van der Waals surface area contributed by atoms with Crippen LogP contribution in [0.5, 0.6) is 5.75 Å². The van der Waals surface area contributed by atoms with E-state index < -0.39 is 0 Å². The van der Waals surface area contributed by atoms with E-state index >= 15 is 0 Å². The van der Waals surface area contributed by atoms with Crippen LogP contribution in [0.25, 0.3) is 0 Å². The smallest absolute Gasteiger partial charge is 0.165 e. The molecule has 6 heteroatoms. The number of halogens is 1. The fourth-order valence-corrected chi connectivity index (χ4v) is 2.48. The van der Waals surface area contributed by atoms with Crippen LogP contribution in [0.2, 0.25) is 0 Å². The summed E-state index contributed by atoms with van der Waals surface area (Å²) in [4.78, 5) is 0. The third kappa shape index (κ3) is 4.78. The second-order valence-electron chi connectivity index (χ2n) is 7.87. The normalized spacial score (nSPS) is 16.0. The Labute approximate surface area is 148 Å². The van der Waals surface area contributed by atoms with Crippen molar-refractivity contribution in [2.75, 3.05) is 6.61 Å². The lowest BCUT2D eigenvalue weighted by molar-refractivity contribution is 0.285. The molecular formula is C19H27FN4O. The molecule has 1 aliphatic carbocycles. The van der Waals surface area contributed by atoms with Gasteiger partial charge in [-0.25, -0.2) is 9.07 Å². The molecule has 1 aromatic heterocycles. The highest BCUT2D eigenvalue weighted by molar-refractivity contribution is 5.31. The maximum atomic E-state index is 14.2. The second kappa shape index (κ2) is 7.12. The van der Waals surface area contributed by atoms with Crippen molar-refractivity contribution in [3.63, 3.8) is 0 Å². The lowest BCUT2D eigenvalue weighted by atomic mass is 10.1. The Morgan fingerprint density at radius 2 is 2.12 bits per heavy atom. The minimum Gasteiger partial charge on any atom is -0.490 e. The Bertz CT molecular complexity index is 718. The number of benzene rings is 1. The van der Waals surface area contributed by atoms with E-state index in [4.69, 9.17) is 4.74 Å². The summed E-state index contributed by atoms with van der Waals surface area (Å²) in [7, 11) is 0. The lowest BCUT2D eigenvalue weighted by Crippen LogP contribution is -2.22. The number of rotatable bonds is 7. The van der Waals surface area contributed by atoms with E-state index in [1.54, 1.807) is 12.1 Å². The van der Waals surface area contributed by atoms with Gasteiger partial charge in [-0.1, -0.05) is 11.3 Å². The van der Waals surface area contributed by atoms with Crippen molar-refractivity contribution in [2.24, 2.45) is 5.92 Å². The number of nitrogens with zero attached hydrogens (tertiary/aromatic N) is 3. The molecule has 1 unspecified atom stereocenters. The molecule has 1 aliphatic rings. The molecule has 25 heavy (non-hydrogen) atoms. The van der Waals surface area contributed by atoms with Gasteiger partial charge in [0.25, 0.3) is 0 Å². The third-order valence-electron chi connectivity index (χ3n) is 4.44. The molecule has 0 radical (unpaired) electrons. The minimum absolute atomic E-state index is 0.00627. The number of hydrogen-bond donors (Lipinski definition) is 1. The first-order valence-corrected chi connectivity index (χ1v) is 8.90. The van der Waals surface area contributed by atoms with Crippen LogP contribution < -0.4 is 10.1 Å². The predicted octanol–water partition coefficient (Wildman–Crippen LogP) is 3.81. The first-order valence-electron chi connectivity index (χ1n) is 8.90. The van der Waals surface area contributed by atoms with Crippen molar-refractivity contribution < 1.29 is 9.13 Å². The van der Waals surface area contributed by atoms with E-state index in [0.717, 1.165) is 11.3 Å². The zero-order chi connectivity index (χ0) is 18.0. The summed E-state index contributed by atoms with van der Waals surface area (Å²) < 4.78 is 21.6. The maximum absolute atomic E-state index is 14.2. The molecule has 1 aromatic carbocycles. The molecule has 1 atom stereocenters. The first kappa shape index (κ1) is 17.9. The Morgan fingerprint density at radius 1 is 1.36 bits per heavy atom. The van der Waals surface area contributed by atoms with E-state index in [1.165, 1.54) is 12.8 Å². The van der Waals surface area contributed by atoms with Gasteiger partial charge in [-0.15, -0.1) is 5.10 Å². The molecule has 2 aromatic rings. The van der Waals surface area contributed by atoms with Crippen LogP contribution in [0.1, 0.15) is 57.8 Å². The molecule has 0 amide bonds. The minimum atomic E-state index is -0.300. The molecule has 3 rings (SSSR count). The fraction of sp³-hybridized carbons (Fsp3) is 0.579. The molecule has 0 bridgehead atoms. The summed E-state index contributed by atoms with van der Waals surface area (Å²) >= 11 is 0. The average Bonchev–Trinajstić information content (AvgIpc) is 3.25. The molecule has 0 saturated heterocycles. The van der Waals surface area contributed by atoms with E-state index in [2.05, 4.69) is 36.4 Å². The summed E-state index contributed by atoms with van der Waals surface area (Å²) in [5.74, 6) is 0.655. The number of aromatic nitrogens is 3. The monoisotopic (exact) mass is 346 g/mol. The van der Waals surface area contributed by atoms with Gasteiger partial charge in [-0.2, -0.15) is 0 Å². The number of ether oxygens (including phenoxy) is 1.